The third-order valence-corrected chi connectivity index (χ3v) is 3.04. The summed E-state index contributed by atoms with van der Waals surface area (Å²) in [5, 5.41) is 3.17. The van der Waals surface area contributed by atoms with Gasteiger partial charge < -0.3 is 10.2 Å². The number of anilines is 1. The van der Waals surface area contributed by atoms with Crippen molar-refractivity contribution >= 4 is 5.95 Å². The highest BCUT2D eigenvalue weighted by atomic mass is 19.4. The summed E-state index contributed by atoms with van der Waals surface area (Å²) in [7, 11) is 0. The summed E-state index contributed by atoms with van der Waals surface area (Å²) in [5.74, 6) is 0.178. The van der Waals surface area contributed by atoms with Crippen molar-refractivity contribution in [2.75, 3.05) is 18.0 Å². The average Bonchev–Trinajstić information content (AvgIpc) is 2.21. The molecule has 2 fully saturated rings. The molecule has 7 heteroatoms. The molecule has 2 unspecified atom stereocenters. The Bertz CT molecular complexity index is 419. The summed E-state index contributed by atoms with van der Waals surface area (Å²) in [6.45, 7) is 1.48. The number of rotatable bonds is 1. The minimum Gasteiger partial charge on any atom is -0.333 e. The minimum absolute atomic E-state index is 0.178. The fraction of sp³-hybridized carbons (Fsp3) is 0.556. The highest BCUT2D eigenvalue weighted by Crippen LogP contribution is 2.32. The van der Waals surface area contributed by atoms with Crippen molar-refractivity contribution in [3.05, 3.63) is 18.0 Å². The number of fused-ring (bicyclic) bond motifs is 1. The van der Waals surface area contributed by atoms with Crippen molar-refractivity contribution < 1.29 is 13.2 Å². The molecule has 86 valence electrons. The lowest BCUT2D eigenvalue weighted by Crippen LogP contribution is -2.78. The quantitative estimate of drug-likeness (QED) is 0.769. The van der Waals surface area contributed by atoms with Crippen LogP contribution in [-0.4, -0.2) is 35.1 Å². The predicted molar refractivity (Wildman–Crippen MR) is 50.0 cm³/mol. The molecule has 1 N–H and O–H groups in total. The van der Waals surface area contributed by atoms with E-state index in [1.807, 2.05) is 0 Å². The minimum atomic E-state index is -4.40. The van der Waals surface area contributed by atoms with Crippen molar-refractivity contribution in [3.8, 4) is 0 Å². The summed E-state index contributed by atoms with van der Waals surface area (Å²) in [6, 6.07) is 1.56. The van der Waals surface area contributed by atoms with Crippen LogP contribution in [0.15, 0.2) is 12.3 Å². The zero-order valence-electron chi connectivity index (χ0n) is 8.20. The molecule has 0 radical (unpaired) electrons. The maximum Gasteiger partial charge on any atom is 0.433 e. The topological polar surface area (TPSA) is 41.1 Å². The second-order valence-electron chi connectivity index (χ2n) is 3.97. The summed E-state index contributed by atoms with van der Waals surface area (Å²) in [6.07, 6.45) is -3.25. The molecule has 0 aliphatic carbocycles. The summed E-state index contributed by atoms with van der Waals surface area (Å²) in [4.78, 5) is 9.23. The highest BCUT2D eigenvalue weighted by Gasteiger charge is 2.47. The molecule has 0 aromatic carbocycles. The number of alkyl halides is 3. The van der Waals surface area contributed by atoms with E-state index < -0.39 is 11.9 Å². The normalized spacial score (nSPS) is 28.1. The zero-order chi connectivity index (χ0) is 11.3. The summed E-state index contributed by atoms with van der Waals surface area (Å²) < 4.78 is 37.3. The van der Waals surface area contributed by atoms with E-state index in [-0.39, 0.29) is 12.0 Å². The number of nitrogens with zero attached hydrogens (tertiary/aromatic N) is 3. The first-order valence-corrected chi connectivity index (χ1v) is 4.96. The van der Waals surface area contributed by atoms with Gasteiger partial charge in [0.2, 0.25) is 5.95 Å². The van der Waals surface area contributed by atoms with Crippen molar-refractivity contribution in [1.29, 1.82) is 0 Å². The standard InChI is InChI=1S/C9H9F3N4/c10-9(11,12)7-1-2-13-8(15-7)16-4-5-6(16)3-14-5/h1-2,5-6,14H,3-4H2. The molecule has 0 saturated carbocycles. The molecular formula is C9H9F3N4. The third-order valence-electron chi connectivity index (χ3n) is 3.04. The second kappa shape index (κ2) is 3.07. The molecule has 1 aromatic heterocycles. The van der Waals surface area contributed by atoms with Gasteiger partial charge in [0.15, 0.2) is 0 Å². The molecule has 0 bridgehead atoms. The lowest BCUT2D eigenvalue weighted by molar-refractivity contribution is -0.141. The number of hydrogen-bond acceptors (Lipinski definition) is 4. The fourth-order valence-electron chi connectivity index (χ4n) is 1.99. The molecule has 2 saturated heterocycles. The second-order valence-corrected chi connectivity index (χ2v) is 3.97. The van der Waals surface area contributed by atoms with Crippen LogP contribution in [-0.2, 0) is 6.18 Å². The number of aromatic nitrogens is 2. The van der Waals surface area contributed by atoms with Gasteiger partial charge in [-0.25, -0.2) is 9.97 Å². The van der Waals surface area contributed by atoms with Gasteiger partial charge in [0, 0.05) is 25.3 Å². The van der Waals surface area contributed by atoms with Gasteiger partial charge in [-0.1, -0.05) is 0 Å². The largest absolute Gasteiger partial charge is 0.433 e. The molecule has 3 heterocycles. The SMILES string of the molecule is FC(F)(F)c1ccnc(N2CC3NCC32)n1. The average molecular weight is 230 g/mol. The Morgan fingerprint density at radius 2 is 2.25 bits per heavy atom. The molecule has 0 amide bonds. The Morgan fingerprint density at radius 1 is 1.44 bits per heavy atom. The Kier molecular flexibility index (Phi) is 1.88. The van der Waals surface area contributed by atoms with Gasteiger partial charge in [-0.3, -0.25) is 0 Å². The van der Waals surface area contributed by atoms with Gasteiger partial charge in [0.25, 0.3) is 0 Å². The van der Waals surface area contributed by atoms with Crippen molar-refractivity contribution in [3.63, 3.8) is 0 Å². The Labute approximate surface area is 89.5 Å². The Hall–Kier alpha value is -1.37. The molecular weight excluding hydrogens is 221 g/mol. The van der Waals surface area contributed by atoms with Crippen LogP contribution in [0.1, 0.15) is 5.69 Å². The Balaban J connectivity index is 1.85. The van der Waals surface area contributed by atoms with Crippen LogP contribution in [0.3, 0.4) is 0 Å². The van der Waals surface area contributed by atoms with Gasteiger partial charge in [0.05, 0.1) is 6.04 Å². The van der Waals surface area contributed by atoms with E-state index in [0.29, 0.717) is 12.6 Å². The monoisotopic (exact) mass is 230 g/mol. The molecule has 3 rings (SSSR count). The number of hydrogen-bond donors (Lipinski definition) is 1. The van der Waals surface area contributed by atoms with Crippen LogP contribution >= 0.6 is 0 Å². The number of halogens is 3. The first-order valence-electron chi connectivity index (χ1n) is 4.96. The van der Waals surface area contributed by atoms with E-state index >= 15 is 0 Å². The van der Waals surface area contributed by atoms with Crippen LogP contribution in [0.2, 0.25) is 0 Å². The molecule has 2 atom stereocenters. The third kappa shape index (κ3) is 1.35. The maximum absolute atomic E-state index is 12.4. The van der Waals surface area contributed by atoms with Gasteiger partial charge in [0.1, 0.15) is 5.69 Å². The van der Waals surface area contributed by atoms with Crippen LogP contribution in [0.5, 0.6) is 0 Å². The van der Waals surface area contributed by atoms with Gasteiger partial charge in [-0.05, 0) is 6.07 Å². The fourth-order valence-corrected chi connectivity index (χ4v) is 1.99. The van der Waals surface area contributed by atoms with Crippen LogP contribution < -0.4 is 10.2 Å². The molecule has 2 aliphatic heterocycles. The van der Waals surface area contributed by atoms with E-state index in [0.717, 1.165) is 18.8 Å². The van der Waals surface area contributed by atoms with Crippen LogP contribution in [0.4, 0.5) is 19.1 Å². The van der Waals surface area contributed by atoms with Gasteiger partial charge in [-0.2, -0.15) is 13.2 Å². The highest BCUT2D eigenvalue weighted by molar-refractivity contribution is 5.42. The Morgan fingerprint density at radius 3 is 2.75 bits per heavy atom. The predicted octanol–water partition coefficient (Wildman–Crippen LogP) is 0.656. The van der Waals surface area contributed by atoms with Crippen LogP contribution in [0, 0.1) is 0 Å². The lowest BCUT2D eigenvalue weighted by Gasteiger charge is -2.56. The van der Waals surface area contributed by atoms with Gasteiger partial charge >= 0.3 is 6.18 Å². The molecule has 2 aliphatic rings. The summed E-state index contributed by atoms with van der Waals surface area (Å²) >= 11 is 0. The van der Waals surface area contributed by atoms with E-state index in [2.05, 4.69) is 15.3 Å². The van der Waals surface area contributed by atoms with E-state index in [1.165, 1.54) is 0 Å². The smallest absolute Gasteiger partial charge is 0.333 e. The van der Waals surface area contributed by atoms with Gasteiger partial charge in [-0.15, -0.1) is 0 Å². The molecule has 16 heavy (non-hydrogen) atoms. The molecule has 1 aromatic rings. The lowest BCUT2D eigenvalue weighted by atomic mass is 9.89. The maximum atomic E-state index is 12.4. The van der Waals surface area contributed by atoms with E-state index in [9.17, 15) is 13.2 Å². The van der Waals surface area contributed by atoms with Crippen molar-refractivity contribution in [2.24, 2.45) is 0 Å². The van der Waals surface area contributed by atoms with Crippen LogP contribution in [0.25, 0.3) is 0 Å². The number of nitrogens with one attached hydrogen (secondary N) is 1. The van der Waals surface area contributed by atoms with Crippen molar-refractivity contribution in [2.45, 2.75) is 18.3 Å². The number of piperazine rings is 1. The summed E-state index contributed by atoms with van der Waals surface area (Å²) in [5.41, 5.74) is -0.881. The van der Waals surface area contributed by atoms with E-state index in [4.69, 9.17) is 0 Å². The first kappa shape index (κ1) is 9.83. The first-order chi connectivity index (χ1) is 7.55. The molecule has 0 spiro atoms. The zero-order valence-corrected chi connectivity index (χ0v) is 8.20. The van der Waals surface area contributed by atoms with Crippen molar-refractivity contribution in [1.82, 2.24) is 15.3 Å². The molecule has 4 nitrogen and oxygen atoms in total. The van der Waals surface area contributed by atoms with E-state index in [1.54, 1.807) is 4.90 Å².